The van der Waals surface area contributed by atoms with Crippen molar-refractivity contribution in [1.29, 1.82) is 0 Å². The van der Waals surface area contributed by atoms with Crippen molar-refractivity contribution in [3.63, 3.8) is 0 Å². The average Bonchev–Trinajstić information content (AvgIpc) is 3.09. The lowest BCUT2D eigenvalue weighted by Gasteiger charge is -2.05. The molecule has 0 atom stereocenters. The van der Waals surface area contributed by atoms with Crippen molar-refractivity contribution in [2.45, 2.75) is 0 Å². The molecule has 0 saturated carbocycles. The van der Waals surface area contributed by atoms with Gasteiger partial charge in [-0.25, -0.2) is 4.98 Å². The number of ether oxygens (including phenoxy) is 1. The van der Waals surface area contributed by atoms with Gasteiger partial charge in [0, 0.05) is 28.1 Å². The number of benzene rings is 2. The van der Waals surface area contributed by atoms with Crippen LogP contribution in [0.3, 0.4) is 0 Å². The Labute approximate surface area is 157 Å². The third-order valence-electron chi connectivity index (χ3n) is 3.31. The number of carbonyl (C=O) groups is 1. The summed E-state index contributed by atoms with van der Waals surface area (Å²) in [7, 11) is 0. The molecule has 3 rings (SSSR count). The molecule has 0 bridgehead atoms. The van der Waals surface area contributed by atoms with E-state index in [1.807, 2.05) is 17.5 Å². The van der Waals surface area contributed by atoms with E-state index in [1.54, 1.807) is 12.1 Å². The number of halogens is 1. The van der Waals surface area contributed by atoms with Crippen LogP contribution in [0, 0.1) is 10.1 Å². The molecule has 0 aliphatic rings. The van der Waals surface area contributed by atoms with Crippen LogP contribution in [0.4, 0.5) is 10.8 Å². The highest BCUT2D eigenvalue weighted by atomic mass is 35.5. The summed E-state index contributed by atoms with van der Waals surface area (Å²) in [4.78, 5) is 26.4. The molecule has 2 aromatic carbocycles. The Hall–Kier alpha value is -2.97. The summed E-state index contributed by atoms with van der Waals surface area (Å²) in [6, 6.07) is 12.7. The first kappa shape index (κ1) is 17.8. The molecule has 7 nitrogen and oxygen atoms in total. The maximum Gasteiger partial charge on any atom is 0.269 e. The molecule has 132 valence electrons. The second kappa shape index (κ2) is 7.94. The zero-order valence-electron chi connectivity index (χ0n) is 13.2. The van der Waals surface area contributed by atoms with Gasteiger partial charge in [-0.3, -0.25) is 20.2 Å². The molecule has 1 heterocycles. The number of thiazole rings is 1. The van der Waals surface area contributed by atoms with E-state index in [9.17, 15) is 14.9 Å². The van der Waals surface area contributed by atoms with Crippen molar-refractivity contribution in [2.24, 2.45) is 0 Å². The summed E-state index contributed by atoms with van der Waals surface area (Å²) in [5, 5.41) is 16.2. The predicted octanol–water partition coefficient (Wildman–Crippen LogP) is 4.39. The Kier molecular flexibility index (Phi) is 5.45. The Morgan fingerprint density at radius 1 is 1.19 bits per heavy atom. The molecule has 1 N–H and O–H groups in total. The summed E-state index contributed by atoms with van der Waals surface area (Å²) >= 11 is 7.16. The van der Waals surface area contributed by atoms with Gasteiger partial charge in [0.1, 0.15) is 5.75 Å². The second-order valence-corrected chi connectivity index (χ2v) is 6.43. The number of nitro benzene ring substituents is 1. The van der Waals surface area contributed by atoms with Gasteiger partial charge in [-0.15, -0.1) is 11.3 Å². The van der Waals surface area contributed by atoms with E-state index >= 15 is 0 Å². The van der Waals surface area contributed by atoms with E-state index in [0.717, 1.165) is 11.3 Å². The van der Waals surface area contributed by atoms with Gasteiger partial charge < -0.3 is 4.74 Å². The normalized spacial score (nSPS) is 10.3. The van der Waals surface area contributed by atoms with Crippen LogP contribution in [0.15, 0.2) is 53.9 Å². The van der Waals surface area contributed by atoms with Crippen LogP contribution in [0.5, 0.6) is 5.75 Å². The number of non-ortho nitro benzene ring substituents is 1. The van der Waals surface area contributed by atoms with Gasteiger partial charge in [0.05, 0.1) is 10.6 Å². The summed E-state index contributed by atoms with van der Waals surface area (Å²) < 4.78 is 5.31. The van der Waals surface area contributed by atoms with Gasteiger partial charge in [0.25, 0.3) is 11.6 Å². The standard InChI is InChI=1S/C17H12ClN3O4S/c18-12-3-1-11(2-4-12)15-10-26-17(19-15)20-16(22)9-25-14-7-5-13(6-8-14)21(23)24/h1-8,10H,9H2,(H,19,20,22). The molecule has 0 aliphatic carbocycles. The molecule has 0 aliphatic heterocycles. The maximum atomic E-state index is 12.0. The summed E-state index contributed by atoms with van der Waals surface area (Å²) in [6.07, 6.45) is 0. The van der Waals surface area contributed by atoms with E-state index in [2.05, 4.69) is 10.3 Å². The highest BCUT2D eigenvalue weighted by molar-refractivity contribution is 7.14. The van der Waals surface area contributed by atoms with Crippen LogP contribution in [0.1, 0.15) is 0 Å². The molecule has 1 amide bonds. The number of anilines is 1. The zero-order chi connectivity index (χ0) is 18.5. The van der Waals surface area contributed by atoms with Crippen molar-refractivity contribution in [2.75, 3.05) is 11.9 Å². The first-order chi connectivity index (χ1) is 12.5. The van der Waals surface area contributed by atoms with Crippen LogP contribution >= 0.6 is 22.9 Å². The quantitative estimate of drug-likeness (QED) is 0.498. The fourth-order valence-corrected chi connectivity index (χ4v) is 2.91. The lowest BCUT2D eigenvalue weighted by atomic mass is 10.2. The summed E-state index contributed by atoms with van der Waals surface area (Å²) in [5.74, 6) is -0.00731. The van der Waals surface area contributed by atoms with Crippen molar-refractivity contribution in [3.05, 3.63) is 69.0 Å². The number of nitrogens with one attached hydrogen (secondary N) is 1. The van der Waals surface area contributed by atoms with E-state index in [0.29, 0.717) is 15.9 Å². The first-order valence-electron chi connectivity index (χ1n) is 7.40. The van der Waals surface area contributed by atoms with Crippen LogP contribution < -0.4 is 10.1 Å². The number of carbonyl (C=O) groups excluding carboxylic acids is 1. The Bertz CT molecular complexity index is 926. The van der Waals surface area contributed by atoms with Crippen molar-refractivity contribution in [3.8, 4) is 17.0 Å². The van der Waals surface area contributed by atoms with Gasteiger partial charge >= 0.3 is 0 Å². The molecule has 9 heteroatoms. The van der Waals surface area contributed by atoms with Crippen molar-refractivity contribution >= 4 is 39.7 Å². The molecule has 1 aromatic heterocycles. The number of nitrogens with zero attached hydrogens (tertiary/aromatic N) is 2. The highest BCUT2D eigenvalue weighted by Gasteiger charge is 2.10. The molecule has 0 radical (unpaired) electrons. The molecular weight excluding hydrogens is 378 g/mol. The number of hydrogen-bond acceptors (Lipinski definition) is 6. The molecular formula is C17H12ClN3O4S. The Balaban J connectivity index is 1.55. The van der Waals surface area contributed by atoms with E-state index in [-0.39, 0.29) is 18.2 Å². The van der Waals surface area contributed by atoms with Crippen LogP contribution in [-0.4, -0.2) is 22.4 Å². The average molecular weight is 390 g/mol. The monoisotopic (exact) mass is 389 g/mol. The SMILES string of the molecule is O=C(COc1ccc([N+](=O)[O-])cc1)Nc1nc(-c2ccc(Cl)cc2)cs1. The molecule has 0 unspecified atom stereocenters. The number of hydrogen-bond donors (Lipinski definition) is 1. The lowest BCUT2D eigenvalue weighted by Crippen LogP contribution is -2.20. The Morgan fingerprint density at radius 3 is 2.54 bits per heavy atom. The third-order valence-corrected chi connectivity index (χ3v) is 4.32. The van der Waals surface area contributed by atoms with Crippen molar-refractivity contribution in [1.82, 2.24) is 4.98 Å². The summed E-state index contributed by atoms with van der Waals surface area (Å²) in [6.45, 7) is -0.229. The number of nitro groups is 1. The number of aromatic nitrogens is 1. The largest absolute Gasteiger partial charge is 0.484 e. The minimum atomic E-state index is -0.503. The number of amides is 1. The first-order valence-corrected chi connectivity index (χ1v) is 8.65. The minimum absolute atomic E-state index is 0.0423. The van der Waals surface area contributed by atoms with Crippen LogP contribution in [-0.2, 0) is 4.79 Å². The smallest absolute Gasteiger partial charge is 0.269 e. The molecule has 3 aromatic rings. The highest BCUT2D eigenvalue weighted by Crippen LogP contribution is 2.26. The molecule has 0 spiro atoms. The third kappa shape index (κ3) is 4.56. The van der Waals surface area contributed by atoms with E-state index in [4.69, 9.17) is 16.3 Å². The van der Waals surface area contributed by atoms with Crippen LogP contribution in [0.25, 0.3) is 11.3 Å². The Morgan fingerprint density at radius 2 is 1.88 bits per heavy atom. The van der Waals surface area contributed by atoms with Gasteiger partial charge in [0.2, 0.25) is 0 Å². The van der Waals surface area contributed by atoms with Gasteiger partial charge in [-0.05, 0) is 24.3 Å². The maximum absolute atomic E-state index is 12.0. The van der Waals surface area contributed by atoms with Gasteiger partial charge in [0.15, 0.2) is 11.7 Å². The fraction of sp³-hybridized carbons (Fsp3) is 0.0588. The summed E-state index contributed by atoms with van der Waals surface area (Å²) in [5.41, 5.74) is 1.59. The van der Waals surface area contributed by atoms with E-state index < -0.39 is 4.92 Å². The molecule has 0 saturated heterocycles. The topological polar surface area (TPSA) is 94.4 Å². The minimum Gasteiger partial charge on any atom is -0.484 e. The predicted molar refractivity (Wildman–Crippen MR) is 99.8 cm³/mol. The van der Waals surface area contributed by atoms with Crippen molar-refractivity contribution < 1.29 is 14.5 Å². The van der Waals surface area contributed by atoms with Gasteiger partial charge in [-0.1, -0.05) is 23.7 Å². The molecule has 26 heavy (non-hydrogen) atoms. The van der Waals surface area contributed by atoms with Gasteiger partial charge in [-0.2, -0.15) is 0 Å². The van der Waals surface area contributed by atoms with E-state index in [1.165, 1.54) is 35.6 Å². The lowest BCUT2D eigenvalue weighted by molar-refractivity contribution is -0.384. The molecule has 0 fully saturated rings. The fourth-order valence-electron chi connectivity index (χ4n) is 2.05. The van der Waals surface area contributed by atoms with Crippen LogP contribution in [0.2, 0.25) is 5.02 Å². The zero-order valence-corrected chi connectivity index (χ0v) is 14.8. The number of rotatable bonds is 6. The second-order valence-electron chi connectivity index (χ2n) is 5.13.